The van der Waals surface area contributed by atoms with E-state index in [0.717, 1.165) is 0 Å². The smallest absolute Gasteiger partial charge is 0.255 e. The lowest BCUT2D eigenvalue weighted by Crippen LogP contribution is -2.21. The first-order valence-electron chi connectivity index (χ1n) is 9.99. The Kier molecular flexibility index (Phi) is 8.21. The van der Waals surface area contributed by atoms with Gasteiger partial charge < -0.3 is 15.4 Å². The molecule has 3 aromatic carbocycles. The van der Waals surface area contributed by atoms with Crippen molar-refractivity contribution >= 4 is 33.2 Å². The Bertz CT molecular complexity index is 1300. The van der Waals surface area contributed by atoms with Crippen LogP contribution in [0.2, 0.25) is 5.02 Å². The van der Waals surface area contributed by atoms with Crippen molar-refractivity contribution in [2.24, 2.45) is 5.14 Å². The molecule has 3 rings (SSSR count). The molecule has 0 saturated carbocycles. The van der Waals surface area contributed by atoms with Gasteiger partial charge in [-0.15, -0.1) is 0 Å². The SMILES string of the molecule is COc1cc(NC(=O)c2ccc(-c3ccccc3Cl)c(CNCC(F)F)c2)ccc1S(N)(=O)=O. The first-order valence-corrected chi connectivity index (χ1v) is 11.9. The number of carbonyl (C=O) groups excluding carboxylic acids is 1. The number of amides is 1. The number of primary sulfonamides is 1. The highest BCUT2D eigenvalue weighted by Crippen LogP contribution is 2.32. The second-order valence-electron chi connectivity index (χ2n) is 7.24. The number of hydrogen-bond acceptors (Lipinski definition) is 5. The Labute approximate surface area is 200 Å². The maximum absolute atomic E-state index is 12.9. The molecule has 0 atom stereocenters. The third-order valence-corrected chi connectivity index (χ3v) is 6.15. The van der Waals surface area contributed by atoms with Crippen LogP contribution in [0.1, 0.15) is 15.9 Å². The molecule has 0 heterocycles. The van der Waals surface area contributed by atoms with Crippen molar-refractivity contribution in [2.45, 2.75) is 17.9 Å². The summed E-state index contributed by atoms with van der Waals surface area (Å²) >= 11 is 6.31. The number of ether oxygens (including phenoxy) is 1. The van der Waals surface area contributed by atoms with E-state index in [1.807, 2.05) is 0 Å². The molecule has 0 aliphatic heterocycles. The van der Waals surface area contributed by atoms with Crippen molar-refractivity contribution < 1.29 is 26.7 Å². The van der Waals surface area contributed by atoms with Crippen LogP contribution >= 0.6 is 11.6 Å². The lowest BCUT2D eigenvalue weighted by atomic mass is 9.97. The van der Waals surface area contributed by atoms with Crippen LogP contribution in [0.15, 0.2) is 65.6 Å². The van der Waals surface area contributed by atoms with E-state index in [9.17, 15) is 22.0 Å². The number of sulfonamides is 1. The summed E-state index contributed by atoms with van der Waals surface area (Å²) in [6.45, 7) is -0.419. The van der Waals surface area contributed by atoms with E-state index in [-0.39, 0.29) is 28.4 Å². The quantitative estimate of drug-likeness (QED) is 0.399. The molecule has 4 N–H and O–H groups in total. The predicted molar refractivity (Wildman–Crippen MR) is 127 cm³/mol. The Morgan fingerprint density at radius 2 is 1.82 bits per heavy atom. The van der Waals surface area contributed by atoms with Crippen LogP contribution < -0.4 is 20.5 Å². The fourth-order valence-corrected chi connectivity index (χ4v) is 4.24. The average molecular weight is 510 g/mol. The molecule has 0 spiro atoms. The van der Waals surface area contributed by atoms with Gasteiger partial charge in [-0.1, -0.05) is 35.9 Å². The molecule has 0 saturated heterocycles. The van der Waals surface area contributed by atoms with Crippen LogP contribution in [0, 0.1) is 0 Å². The molecule has 7 nitrogen and oxygen atoms in total. The minimum Gasteiger partial charge on any atom is -0.495 e. The largest absolute Gasteiger partial charge is 0.495 e. The zero-order valence-electron chi connectivity index (χ0n) is 18.0. The van der Waals surface area contributed by atoms with Gasteiger partial charge in [-0.05, 0) is 41.5 Å². The summed E-state index contributed by atoms with van der Waals surface area (Å²) in [6.07, 6.45) is -2.52. The van der Waals surface area contributed by atoms with Crippen molar-refractivity contribution in [3.63, 3.8) is 0 Å². The number of nitrogens with two attached hydrogens (primary N) is 1. The second kappa shape index (κ2) is 10.9. The highest BCUT2D eigenvalue weighted by atomic mass is 35.5. The van der Waals surface area contributed by atoms with Crippen molar-refractivity contribution in [2.75, 3.05) is 19.0 Å². The van der Waals surface area contributed by atoms with Crippen LogP contribution in [0.4, 0.5) is 14.5 Å². The van der Waals surface area contributed by atoms with Gasteiger partial charge in [0.25, 0.3) is 12.3 Å². The summed E-state index contributed by atoms with van der Waals surface area (Å²) in [7, 11) is -2.73. The number of anilines is 1. The summed E-state index contributed by atoms with van der Waals surface area (Å²) in [5.41, 5.74) is 2.54. The monoisotopic (exact) mass is 509 g/mol. The standard InChI is InChI=1S/C23H22ClF2N3O4S/c1-33-20-11-16(7-9-21(20)34(27,31)32)29-23(30)14-6-8-17(18-4-2-3-5-19(18)24)15(10-14)12-28-13-22(25)26/h2-11,22,28H,12-13H2,1H3,(H,29,30)(H2,27,31,32). The van der Waals surface area contributed by atoms with Gasteiger partial charge in [0, 0.05) is 34.4 Å². The van der Waals surface area contributed by atoms with Gasteiger partial charge in [0.1, 0.15) is 10.6 Å². The Balaban J connectivity index is 1.92. The Morgan fingerprint density at radius 3 is 2.47 bits per heavy atom. The summed E-state index contributed by atoms with van der Waals surface area (Å²) in [5.74, 6) is -0.516. The number of nitrogens with one attached hydrogen (secondary N) is 2. The first kappa shape index (κ1) is 25.6. The number of benzene rings is 3. The summed E-state index contributed by atoms with van der Waals surface area (Å²) in [5, 5.41) is 11.0. The van der Waals surface area contributed by atoms with Gasteiger partial charge in [-0.3, -0.25) is 4.79 Å². The van der Waals surface area contributed by atoms with E-state index >= 15 is 0 Å². The molecule has 1 amide bonds. The third kappa shape index (κ3) is 6.29. The number of carbonyl (C=O) groups is 1. The van der Waals surface area contributed by atoms with E-state index in [1.165, 1.54) is 25.3 Å². The summed E-state index contributed by atoms with van der Waals surface area (Å²) in [4.78, 5) is 12.7. The molecule has 180 valence electrons. The number of alkyl halides is 2. The Hall–Kier alpha value is -3.05. The zero-order valence-corrected chi connectivity index (χ0v) is 19.6. The van der Waals surface area contributed by atoms with Crippen LogP contribution in [-0.2, 0) is 16.6 Å². The van der Waals surface area contributed by atoms with Gasteiger partial charge in [-0.2, -0.15) is 0 Å². The molecular formula is C23H22ClF2N3O4S. The topological polar surface area (TPSA) is 111 Å². The maximum atomic E-state index is 12.9. The number of methoxy groups -OCH3 is 1. The molecule has 11 heteroatoms. The molecule has 0 fully saturated rings. The molecule has 0 unspecified atom stereocenters. The number of rotatable bonds is 9. The third-order valence-electron chi connectivity index (χ3n) is 4.87. The summed E-state index contributed by atoms with van der Waals surface area (Å²) < 4.78 is 53.6. The zero-order chi connectivity index (χ0) is 24.9. The minimum atomic E-state index is -4.01. The van der Waals surface area contributed by atoms with Crippen molar-refractivity contribution in [3.8, 4) is 16.9 Å². The van der Waals surface area contributed by atoms with Crippen LogP contribution in [0.25, 0.3) is 11.1 Å². The lowest BCUT2D eigenvalue weighted by molar-refractivity contribution is 0.102. The van der Waals surface area contributed by atoms with Crippen molar-refractivity contribution in [1.29, 1.82) is 0 Å². The van der Waals surface area contributed by atoms with Crippen molar-refractivity contribution in [1.82, 2.24) is 5.32 Å². The Morgan fingerprint density at radius 1 is 1.09 bits per heavy atom. The molecule has 0 aliphatic carbocycles. The van der Waals surface area contributed by atoms with E-state index in [0.29, 0.717) is 21.7 Å². The molecule has 3 aromatic rings. The van der Waals surface area contributed by atoms with E-state index in [1.54, 1.807) is 42.5 Å². The lowest BCUT2D eigenvalue weighted by Gasteiger charge is -2.15. The second-order valence-corrected chi connectivity index (χ2v) is 9.18. The molecule has 34 heavy (non-hydrogen) atoms. The van der Waals surface area contributed by atoms with E-state index in [4.69, 9.17) is 21.5 Å². The first-order chi connectivity index (χ1) is 16.1. The van der Waals surface area contributed by atoms with Gasteiger partial charge in [-0.25, -0.2) is 22.3 Å². The fourth-order valence-electron chi connectivity index (χ4n) is 3.32. The van der Waals surface area contributed by atoms with E-state index in [2.05, 4.69) is 10.6 Å². The normalized spacial score (nSPS) is 11.5. The van der Waals surface area contributed by atoms with Gasteiger partial charge in [0.2, 0.25) is 10.0 Å². The van der Waals surface area contributed by atoms with Gasteiger partial charge in [0.05, 0.1) is 13.7 Å². The molecule has 0 radical (unpaired) electrons. The predicted octanol–water partition coefficient (Wildman–Crippen LogP) is 4.27. The highest BCUT2D eigenvalue weighted by molar-refractivity contribution is 7.89. The molecule has 0 bridgehead atoms. The number of hydrogen-bond donors (Lipinski definition) is 3. The van der Waals surface area contributed by atoms with Crippen LogP contribution in [0.3, 0.4) is 0 Å². The van der Waals surface area contributed by atoms with Crippen molar-refractivity contribution in [3.05, 3.63) is 76.8 Å². The van der Waals surface area contributed by atoms with E-state index < -0.39 is 28.9 Å². The van der Waals surface area contributed by atoms with Crippen LogP contribution in [0.5, 0.6) is 5.75 Å². The van der Waals surface area contributed by atoms with Gasteiger partial charge >= 0.3 is 0 Å². The number of halogens is 3. The minimum absolute atomic E-state index is 0.0220. The molecular weight excluding hydrogens is 488 g/mol. The fraction of sp³-hybridized carbons (Fsp3) is 0.174. The van der Waals surface area contributed by atoms with Crippen LogP contribution in [-0.4, -0.2) is 34.4 Å². The van der Waals surface area contributed by atoms with Gasteiger partial charge in [0.15, 0.2) is 0 Å². The summed E-state index contributed by atoms with van der Waals surface area (Å²) in [6, 6.07) is 15.9. The molecule has 0 aliphatic rings. The molecule has 0 aromatic heterocycles. The highest BCUT2D eigenvalue weighted by Gasteiger charge is 2.17. The average Bonchev–Trinajstić information content (AvgIpc) is 2.78. The maximum Gasteiger partial charge on any atom is 0.255 e.